The minimum atomic E-state index is -1.09. The van der Waals surface area contributed by atoms with Crippen molar-refractivity contribution in [3.05, 3.63) is 98.1 Å². The highest BCUT2D eigenvalue weighted by molar-refractivity contribution is 6.46. The number of nitro benzene ring substituents is 1. The van der Waals surface area contributed by atoms with Gasteiger partial charge in [-0.3, -0.25) is 19.7 Å². The van der Waals surface area contributed by atoms with Gasteiger partial charge in [-0.05, 0) is 55.7 Å². The zero-order valence-electron chi connectivity index (χ0n) is 20.4. The number of carbonyl (C=O) groups excluding carboxylic acids is 3. The Morgan fingerprint density at radius 1 is 1.19 bits per heavy atom. The standard InChI is InChI=1S/C26H24N4O7/c1-4-37-26(34)21-14(2)19(15(3)28-21)23(31)20-22(17-7-9-18(10-8-17)30(35)36)29(25(33)24(20)32)13-16-6-5-11-27-12-16/h5-12,22,28,31H,4,13H2,1-3H3. The third kappa shape index (κ3) is 4.58. The lowest BCUT2D eigenvalue weighted by molar-refractivity contribution is -0.384. The molecule has 1 aliphatic rings. The number of pyridine rings is 1. The van der Waals surface area contributed by atoms with Gasteiger partial charge in [-0.1, -0.05) is 5.76 Å². The maximum absolute atomic E-state index is 13.9. The molecule has 1 unspecified atom stereocenters. The van der Waals surface area contributed by atoms with Gasteiger partial charge in [0.05, 0.1) is 24.1 Å². The van der Waals surface area contributed by atoms with Crippen LogP contribution >= 0.6 is 0 Å². The van der Waals surface area contributed by atoms with Gasteiger partial charge in [0.2, 0.25) is 5.78 Å². The molecule has 1 aliphatic heterocycles. The molecule has 1 amide bonds. The summed E-state index contributed by atoms with van der Waals surface area (Å²) < 4.78 is 5.05. The van der Waals surface area contributed by atoms with E-state index in [1.807, 2.05) is 0 Å². The molecule has 0 saturated carbocycles. The van der Waals surface area contributed by atoms with E-state index in [0.29, 0.717) is 22.4 Å². The summed E-state index contributed by atoms with van der Waals surface area (Å²) >= 11 is 0. The number of esters is 1. The Hall–Kier alpha value is -4.80. The van der Waals surface area contributed by atoms with Crippen LogP contribution in [0.4, 0.5) is 5.69 Å². The Kier molecular flexibility index (Phi) is 6.87. The van der Waals surface area contributed by atoms with Crippen molar-refractivity contribution in [1.82, 2.24) is 9.88 Å². The van der Waals surface area contributed by atoms with Gasteiger partial charge < -0.3 is 19.7 Å². The fourth-order valence-corrected chi connectivity index (χ4v) is 4.52. The molecule has 190 valence electrons. The molecular weight excluding hydrogens is 480 g/mol. The Morgan fingerprint density at radius 3 is 2.49 bits per heavy atom. The minimum Gasteiger partial charge on any atom is -0.872 e. The number of ether oxygens (including phenoxy) is 1. The van der Waals surface area contributed by atoms with E-state index in [0.717, 1.165) is 0 Å². The number of likely N-dealkylation sites (tertiary alicyclic amines) is 1. The van der Waals surface area contributed by atoms with Crippen LogP contribution in [0.25, 0.3) is 5.76 Å². The predicted molar refractivity (Wildman–Crippen MR) is 128 cm³/mol. The molecule has 0 spiro atoms. The second-order valence-electron chi connectivity index (χ2n) is 8.51. The number of amides is 1. The number of ketones is 1. The van der Waals surface area contributed by atoms with Gasteiger partial charge in [0, 0.05) is 35.0 Å². The highest BCUT2D eigenvalue weighted by Crippen LogP contribution is 2.41. The Bertz CT molecular complexity index is 1430. The molecule has 11 nitrogen and oxygen atoms in total. The number of hydrogen-bond acceptors (Lipinski definition) is 7. The zero-order chi connectivity index (χ0) is 26.9. The van der Waals surface area contributed by atoms with Crippen LogP contribution in [-0.4, -0.2) is 39.1 Å². The SMILES string of the molecule is CCOC(=O)c1[nH]c(C)c(C([O-])=C2C(=O)C(=O)N(Cc3ccc[nH+]c3)C2c2ccc([N+](=O)[O-])cc2)c1C. The molecule has 1 fully saturated rings. The molecule has 1 aromatic carbocycles. The zero-order valence-corrected chi connectivity index (χ0v) is 20.4. The van der Waals surface area contributed by atoms with Gasteiger partial charge in [0.25, 0.3) is 11.6 Å². The van der Waals surface area contributed by atoms with Crippen molar-refractivity contribution >= 4 is 29.1 Å². The largest absolute Gasteiger partial charge is 0.872 e. The Morgan fingerprint density at radius 2 is 1.89 bits per heavy atom. The number of benzene rings is 1. The highest BCUT2D eigenvalue weighted by Gasteiger charge is 2.44. The molecule has 1 saturated heterocycles. The molecule has 2 aromatic heterocycles. The second-order valence-corrected chi connectivity index (χ2v) is 8.51. The third-order valence-corrected chi connectivity index (χ3v) is 6.22. The van der Waals surface area contributed by atoms with E-state index < -0.39 is 34.4 Å². The smallest absolute Gasteiger partial charge is 0.355 e. The molecule has 0 radical (unpaired) electrons. The van der Waals surface area contributed by atoms with Crippen LogP contribution in [0.3, 0.4) is 0 Å². The lowest BCUT2D eigenvalue weighted by Crippen LogP contribution is -2.29. The van der Waals surface area contributed by atoms with Crippen molar-refractivity contribution < 1.29 is 34.1 Å². The molecule has 37 heavy (non-hydrogen) atoms. The fourth-order valence-electron chi connectivity index (χ4n) is 4.52. The molecule has 0 bridgehead atoms. The van der Waals surface area contributed by atoms with Crippen molar-refractivity contribution in [3.63, 3.8) is 0 Å². The highest BCUT2D eigenvalue weighted by atomic mass is 16.6. The van der Waals surface area contributed by atoms with Gasteiger partial charge in [-0.15, -0.1) is 0 Å². The van der Waals surface area contributed by atoms with E-state index >= 15 is 0 Å². The molecule has 0 aliphatic carbocycles. The van der Waals surface area contributed by atoms with Crippen LogP contribution in [0.5, 0.6) is 0 Å². The van der Waals surface area contributed by atoms with Crippen LogP contribution in [0.1, 0.15) is 51.4 Å². The van der Waals surface area contributed by atoms with Gasteiger partial charge in [0.1, 0.15) is 5.69 Å². The molecule has 3 aromatic rings. The van der Waals surface area contributed by atoms with E-state index in [-0.39, 0.29) is 35.7 Å². The van der Waals surface area contributed by atoms with E-state index in [1.165, 1.54) is 29.2 Å². The Balaban J connectivity index is 1.89. The summed E-state index contributed by atoms with van der Waals surface area (Å²) in [5, 5.41) is 25.0. The van der Waals surface area contributed by atoms with Crippen LogP contribution in [0.15, 0.2) is 54.4 Å². The van der Waals surface area contributed by atoms with E-state index in [2.05, 4.69) is 9.97 Å². The molecule has 4 rings (SSSR count). The number of H-pyrrole nitrogens is 2. The van der Waals surface area contributed by atoms with Crippen LogP contribution in [0, 0.1) is 24.0 Å². The molecule has 1 atom stereocenters. The van der Waals surface area contributed by atoms with Gasteiger partial charge in [-0.25, -0.2) is 9.78 Å². The number of non-ortho nitro benzene ring substituents is 1. The van der Waals surface area contributed by atoms with Crippen molar-refractivity contribution in [2.45, 2.75) is 33.4 Å². The van der Waals surface area contributed by atoms with Gasteiger partial charge in [0.15, 0.2) is 12.4 Å². The predicted octanol–water partition coefficient (Wildman–Crippen LogP) is 1.95. The molecular formula is C26H24N4O7. The summed E-state index contributed by atoms with van der Waals surface area (Å²) in [6.07, 6.45) is 3.35. The minimum absolute atomic E-state index is 0.0134. The van der Waals surface area contributed by atoms with Crippen molar-refractivity contribution in [2.75, 3.05) is 6.61 Å². The normalized spacial score (nSPS) is 16.7. The molecule has 3 heterocycles. The van der Waals surface area contributed by atoms with Crippen molar-refractivity contribution in [2.24, 2.45) is 0 Å². The average molecular weight is 504 g/mol. The first-order chi connectivity index (χ1) is 17.6. The number of hydrogen-bond donors (Lipinski definition) is 1. The summed E-state index contributed by atoms with van der Waals surface area (Å²) in [5.74, 6) is -3.18. The third-order valence-electron chi connectivity index (χ3n) is 6.22. The quantitative estimate of drug-likeness (QED) is 0.128. The maximum atomic E-state index is 13.9. The summed E-state index contributed by atoms with van der Waals surface area (Å²) in [6.45, 7) is 4.95. The number of aromatic amines is 2. The second kappa shape index (κ2) is 10.1. The number of nitrogens with one attached hydrogen (secondary N) is 2. The topological polar surface area (TPSA) is 160 Å². The first-order valence-corrected chi connectivity index (χ1v) is 11.5. The summed E-state index contributed by atoms with van der Waals surface area (Å²) in [5.41, 5.74) is 1.41. The van der Waals surface area contributed by atoms with Crippen molar-refractivity contribution in [3.8, 4) is 0 Å². The first kappa shape index (κ1) is 25.3. The summed E-state index contributed by atoms with van der Waals surface area (Å²) in [7, 11) is 0. The fraction of sp³-hybridized carbons (Fsp3) is 0.231. The van der Waals surface area contributed by atoms with Crippen LogP contribution in [0.2, 0.25) is 0 Å². The number of aryl methyl sites for hydroxylation is 1. The summed E-state index contributed by atoms with van der Waals surface area (Å²) in [4.78, 5) is 56.5. The number of carbonyl (C=O) groups is 3. The van der Waals surface area contributed by atoms with Gasteiger partial charge in [-0.2, -0.15) is 0 Å². The lowest BCUT2D eigenvalue weighted by atomic mass is 9.94. The van der Waals surface area contributed by atoms with E-state index in [9.17, 15) is 29.6 Å². The summed E-state index contributed by atoms with van der Waals surface area (Å²) in [6, 6.07) is 7.76. The molecule has 11 heteroatoms. The average Bonchev–Trinajstić information content (AvgIpc) is 3.32. The number of nitrogens with zero attached hydrogens (tertiary/aromatic N) is 2. The van der Waals surface area contributed by atoms with E-state index in [1.54, 1.807) is 45.3 Å². The monoisotopic (exact) mass is 504 g/mol. The van der Waals surface area contributed by atoms with Crippen molar-refractivity contribution in [1.29, 1.82) is 0 Å². The van der Waals surface area contributed by atoms with E-state index in [4.69, 9.17) is 4.74 Å². The number of rotatable bonds is 7. The maximum Gasteiger partial charge on any atom is 0.355 e. The number of nitro groups is 1. The van der Waals surface area contributed by atoms with Gasteiger partial charge >= 0.3 is 5.97 Å². The molecule has 2 N–H and O–H groups in total. The first-order valence-electron chi connectivity index (χ1n) is 11.5. The lowest BCUT2D eigenvalue weighted by Gasteiger charge is -2.27. The number of Topliss-reactive ketones (excluding diaryl/α,β-unsaturated/α-hetero) is 1. The Labute approximate surface area is 211 Å². The number of aromatic nitrogens is 2. The van der Waals surface area contributed by atoms with Crippen LogP contribution < -0.4 is 10.1 Å². The van der Waals surface area contributed by atoms with Crippen LogP contribution in [-0.2, 0) is 20.9 Å².